The van der Waals surface area contributed by atoms with Crippen LogP contribution in [-0.4, -0.2) is 48.9 Å². The number of hydrogen-bond acceptors (Lipinski definition) is 4. The first-order valence-electron chi connectivity index (χ1n) is 11.7. The minimum Gasteiger partial charge on any atom is -0.370 e. The molecule has 0 bridgehead atoms. The second kappa shape index (κ2) is 9.24. The second-order valence-corrected chi connectivity index (χ2v) is 9.37. The highest BCUT2D eigenvalue weighted by Crippen LogP contribution is 2.40. The van der Waals surface area contributed by atoms with Crippen molar-refractivity contribution in [2.75, 3.05) is 31.1 Å². The van der Waals surface area contributed by atoms with Crippen LogP contribution >= 0.6 is 0 Å². The summed E-state index contributed by atoms with van der Waals surface area (Å²) >= 11 is 0. The topological polar surface area (TPSA) is 76.4 Å². The third kappa shape index (κ3) is 5.10. The average molecular weight is 463 g/mol. The van der Waals surface area contributed by atoms with Gasteiger partial charge >= 0.3 is 6.18 Å². The van der Waals surface area contributed by atoms with E-state index in [1.807, 2.05) is 16.7 Å². The molecule has 2 atom stereocenters. The third-order valence-corrected chi connectivity index (χ3v) is 7.22. The maximum absolute atomic E-state index is 13.5. The highest BCUT2D eigenvalue weighted by atomic mass is 19.4. The van der Waals surface area contributed by atoms with Crippen LogP contribution < -0.4 is 10.2 Å². The summed E-state index contributed by atoms with van der Waals surface area (Å²) < 4.78 is 40.5. The molecule has 1 saturated carbocycles. The summed E-state index contributed by atoms with van der Waals surface area (Å²) in [6, 6.07) is 5.60. The van der Waals surface area contributed by atoms with Crippen molar-refractivity contribution in [3.05, 3.63) is 29.3 Å². The third-order valence-electron chi connectivity index (χ3n) is 7.22. The number of anilines is 1. The number of carbonyl (C=O) groups excluding carboxylic acids is 2. The molecular formula is C24H29F3N4O2. The summed E-state index contributed by atoms with van der Waals surface area (Å²) in [5.41, 5.74) is -0.971. The number of halogens is 3. The lowest BCUT2D eigenvalue weighted by molar-refractivity contribution is -0.137. The smallest absolute Gasteiger partial charge is 0.370 e. The van der Waals surface area contributed by atoms with E-state index in [4.69, 9.17) is 5.26 Å². The van der Waals surface area contributed by atoms with Crippen molar-refractivity contribution in [2.24, 2.45) is 17.8 Å². The summed E-state index contributed by atoms with van der Waals surface area (Å²) in [5.74, 6) is 0.0245. The highest BCUT2D eigenvalue weighted by molar-refractivity contribution is 5.81. The zero-order valence-corrected chi connectivity index (χ0v) is 18.7. The number of piperidine rings is 1. The van der Waals surface area contributed by atoms with E-state index in [0.29, 0.717) is 38.3 Å². The van der Waals surface area contributed by atoms with E-state index in [1.165, 1.54) is 12.1 Å². The zero-order valence-electron chi connectivity index (χ0n) is 18.7. The molecule has 2 heterocycles. The molecule has 33 heavy (non-hydrogen) atoms. The van der Waals surface area contributed by atoms with Gasteiger partial charge in [0.15, 0.2) is 0 Å². The van der Waals surface area contributed by atoms with Crippen LogP contribution in [0.3, 0.4) is 0 Å². The predicted octanol–water partition coefficient (Wildman–Crippen LogP) is 3.56. The number of nitrogens with zero attached hydrogens (tertiary/aromatic N) is 3. The lowest BCUT2D eigenvalue weighted by atomic mass is 9.78. The Balaban J connectivity index is 1.55. The van der Waals surface area contributed by atoms with Crippen LogP contribution in [0, 0.1) is 29.1 Å². The number of amides is 2. The minimum atomic E-state index is -4.62. The van der Waals surface area contributed by atoms with Crippen LogP contribution in [-0.2, 0) is 15.8 Å². The Hall–Kier alpha value is -2.76. The SMILES string of the molecule is CCC(=O)N1CCC([C@@H]2CN(c3ccc(C#N)c(C(F)(F)F)c3)C[C@H]2C(=O)NC2CC2)CC1. The number of likely N-dealkylation sites (tertiary alicyclic amines) is 1. The van der Waals surface area contributed by atoms with Crippen molar-refractivity contribution in [1.29, 1.82) is 5.26 Å². The first kappa shape index (κ1) is 23.4. The molecule has 3 fully saturated rings. The molecule has 2 amide bonds. The number of benzene rings is 1. The Kier molecular flexibility index (Phi) is 6.55. The molecule has 178 valence electrons. The number of nitriles is 1. The van der Waals surface area contributed by atoms with E-state index in [0.717, 1.165) is 31.7 Å². The van der Waals surface area contributed by atoms with Crippen LogP contribution in [0.1, 0.15) is 50.2 Å². The van der Waals surface area contributed by atoms with Gasteiger partial charge in [-0.3, -0.25) is 9.59 Å². The first-order valence-corrected chi connectivity index (χ1v) is 11.7. The fourth-order valence-electron chi connectivity index (χ4n) is 5.19. The van der Waals surface area contributed by atoms with E-state index in [2.05, 4.69) is 5.32 Å². The molecule has 3 aliphatic rings. The van der Waals surface area contributed by atoms with E-state index < -0.39 is 17.3 Å². The largest absolute Gasteiger partial charge is 0.417 e. The summed E-state index contributed by atoms with van der Waals surface area (Å²) in [6.45, 7) is 3.98. The lowest BCUT2D eigenvalue weighted by Crippen LogP contribution is -2.43. The quantitative estimate of drug-likeness (QED) is 0.726. The standard InChI is InChI=1S/C24H29F3N4O2/c1-2-22(32)30-9-7-15(8-10-30)19-13-31(14-20(19)23(33)29-17-4-5-17)18-6-3-16(12-28)21(11-18)24(25,26)27/h3,6,11,15,17,19-20H,2,4-5,7-10,13-14H2,1H3,(H,29,33)/t19-,20+/m0/s1. The Morgan fingerprint density at radius 2 is 1.85 bits per heavy atom. The molecule has 2 saturated heterocycles. The van der Waals surface area contributed by atoms with E-state index in [-0.39, 0.29) is 35.6 Å². The second-order valence-electron chi connectivity index (χ2n) is 9.37. The maximum Gasteiger partial charge on any atom is 0.417 e. The van der Waals surface area contributed by atoms with Crippen molar-refractivity contribution in [3.8, 4) is 6.07 Å². The molecule has 0 aromatic heterocycles. The molecule has 9 heteroatoms. The van der Waals surface area contributed by atoms with Crippen molar-refractivity contribution >= 4 is 17.5 Å². The Morgan fingerprint density at radius 1 is 1.15 bits per heavy atom. The number of rotatable bonds is 5. The normalized spacial score (nSPS) is 24.0. The number of hydrogen-bond donors (Lipinski definition) is 1. The number of nitrogens with one attached hydrogen (secondary N) is 1. The fraction of sp³-hybridized carbons (Fsp3) is 0.625. The molecule has 6 nitrogen and oxygen atoms in total. The van der Waals surface area contributed by atoms with Gasteiger partial charge in [0.25, 0.3) is 0 Å². The van der Waals surface area contributed by atoms with Gasteiger partial charge in [0.2, 0.25) is 11.8 Å². The van der Waals surface area contributed by atoms with Crippen molar-refractivity contribution in [1.82, 2.24) is 10.2 Å². The fourth-order valence-corrected chi connectivity index (χ4v) is 5.19. The van der Waals surface area contributed by atoms with E-state index >= 15 is 0 Å². The average Bonchev–Trinajstić information content (AvgIpc) is 3.51. The predicted molar refractivity (Wildman–Crippen MR) is 116 cm³/mol. The molecular weight excluding hydrogens is 433 g/mol. The molecule has 1 N–H and O–H groups in total. The van der Waals surface area contributed by atoms with Crippen molar-refractivity contribution in [2.45, 2.75) is 51.2 Å². The van der Waals surface area contributed by atoms with Crippen LogP contribution in [0.25, 0.3) is 0 Å². The maximum atomic E-state index is 13.5. The van der Waals surface area contributed by atoms with Crippen LogP contribution in [0.2, 0.25) is 0 Å². The lowest BCUT2D eigenvalue weighted by Gasteiger charge is -2.36. The summed E-state index contributed by atoms with van der Waals surface area (Å²) in [4.78, 5) is 28.8. The Bertz CT molecular complexity index is 946. The van der Waals surface area contributed by atoms with E-state index in [1.54, 1.807) is 6.07 Å². The Morgan fingerprint density at radius 3 is 2.42 bits per heavy atom. The molecule has 0 radical (unpaired) electrons. The Labute approximate surface area is 191 Å². The van der Waals surface area contributed by atoms with Gasteiger partial charge in [-0.15, -0.1) is 0 Å². The summed E-state index contributed by atoms with van der Waals surface area (Å²) in [6.07, 6.45) is -0.642. The van der Waals surface area contributed by atoms with Crippen LogP contribution in [0.4, 0.5) is 18.9 Å². The number of carbonyl (C=O) groups is 2. The molecule has 1 aromatic carbocycles. The van der Waals surface area contributed by atoms with Crippen molar-refractivity contribution < 1.29 is 22.8 Å². The molecule has 0 spiro atoms. The number of alkyl halides is 3. The van der Waals surface area contributed by atoms with Gasteiger partial charge < -0.3 is 15.1 Å². The summed E-state index contributed by atoms with van der Waals surface area (Å²) in [5, 5.41) is 12.2. The monoisotopic (exact) mass is 462 g/mol. The zero-order chi connectivity index (χ0) is 23.8. The van der Waals surface area contributed by atoms with Gasteiger partial charge in [-0.05, 0) is 55.7 Å². The van der Waals surface area contributed by atoms with Crippen molar-refractivity contribution in [3.63, 3.8) is 0 Å². The van der Waals surface area contributed by atoms with Gasteiger partial charge in [0, 0.05) is 44.3 Å². The summed E-state index contributed by atoms with van der Waals surface area (Å²) in [7, 11) is 0. The molecule has 1 aromatic rings. The molecule has 2 aliphatic heterocycles. The first-order chi connectivity index (χ1) is 15.7. The van der Waals surface area contributed by atoms with E-state index in [9.17, 15) is 22.8 Å². The molecule has 0 unspecified atom stereocenters. The highest BCUT2D eigenvalue weighted by Gasteiger charge is 2.44. The molecule has 4 rings (SSSR count). The van der Waals surface area contributed by atoms with Gasteiger partial charge in [-0.2, -0.15) is 18.4 Å². The molecule has 1 aliphatic carbocycles. The van der Waals surface area contributed by atoms with Gasteiger partial charge in [-0.1, -0.05) is 6.92 Å². The van der Waals surface area contributed by atoms with Gasteiger partial charge in [-0.25, -0.2) is 0 Å². The van der Waals surface area contributed by atoms with Crippen LogP contribution in [0.15, 0.2) is 18.2 Å². The minimum absolute atomic E-state index is 0.00705. The van der Waals surface area contributed by atoms with Crippen LogP contribution in [0.5, 0.6) is 0 Å². The van der Waals surface area contributed by atoms with Gasteiger partial charge in [0.1, 0.15) is 0 Å². The van der Waals surface area contributed by atoms with Gasteiger partial charge in [0.05, 0.1) is 23.1 Å².